The Balaban J connectivity index is 1.67. The molecule has 2 atom stereocenters. The molecule has 5 heteroatoms. The molecule has 0 bridgehead atoms. The molecule has 1 saturated heterocycles. The molecule has 136 valence electrons. The van der Waals surface area contributed by atoms with Crippen molar-refractivity contribution < 1.29 is 19.1 Å². The van der Waals surface area contributed by atoms with Crippen LogP contribution in [0.5, 0.6) is 5.75 Å². The predicted molar refractivity (Wildman–Crippen MR) is 98.2 cm³/mol. The second-order valence-corrected chi connectivity index (χ2v) is 6.56. The average Bonchev–Trinajstić information content (AvgIpc) is 3.02. The Bertz CT molecular complexity index is 757. The van der Waals surface area contributed by atoms with Gasteiger partial charge in [-0.05, 0) is 35.6 Å². The Morgan fingerprint density at radius 3 is 2.54 bits per heavy atom. The molecule has 0 aliphatic carbocycles. The van der Waals surface area contributed by atoms with Gasteiger partial charge in [0, 0.05) is 6.42 Å². The molecule has 26 heavy (non-hydrogen) atoms. The maximum atomic E-state index is 12.8. The normalized spacial score (nSPS) is 17.7. The van der Waals surface area contributed by atoms with Crippen molar-refractivity contribution in [2.45, 2.75) is 31.7 Å². The molecule has 0 radical (unpaired) electrons. The van der Waals surface area contributed by atoms with Gasteiger partial charge in [0.1, 0.15) is 12.4 Å². The van der Waals surface area contributed by atoms with Crippen LogP contribution < -0.4 is 4.74 Å². The summed E-state index contributed by atoms with van der Waals surface area (Å²) < 4.78 is 10.3. The number of hydrogen-bond donors (Lipinski definition) is 0. The minimum atomic E-state index is -0.544. The molecular weight excluding hydrogens is 330 g/mol. The number of amides is 2. The Labute approximate surface area is 153 Å². The molecule has 2 aromatic rings. The lowest BCUT2D eigenvalue weighted by atomic mass is 9.96. The molecule has 0 saturated carbocycles. The van der Waals surface area contributed by atoms with Crippen molar-refractivity contribution in [3.8, 4) is 5.75 Å². The Morgan fingerprint density at radius 2 is 1.88 bits per heavy atom. The highest BCUT2D eigenvalue weighted by molar-refractivity contribution is 5.93. The number of nitrogens with zero attached hydrogens (tertiary/aromatic N) is 1. The summed E-state index contributed by atoms with van der Waals surface area (Å²) in [5, 5.41) is 0. The average molecular weight is 353 g/mol. The third-order valence-electron chi connectivity index (χ3n) is 4.71. The number of benzene rings is 2. The number of ether oxygens (including phenoxy) is 2. The molecule has 3 rings (SSSR count). The summed E-state index contributed by atoms with van der Waals surface area (Å²) in [6.07, 6.45) is 0.319. The van der Waals surface area contributed by atoms with Crippen molar-refractivity contribution in [1.29, 1.82) is 0 Å². The van der Waals surface area contributed by atoms with Crippen LogP contribution in [0, 0.1) is 0 Å². The van der Waals surface area contributed by atoms with E-state index >= 15 is 0 Å². The molecule has 0 aromatic heterocycles. The van der Waals surface area contributed by atoms with Crippen molar-refractivity contribution >= 4 is 12.0 Å². The van der Waals surface area contributed by atoms with Crippen LogP contribution in [0.1, 0.15) is 30.4 Å². The zero-order chi connectivity index (χ0) is 18.5. The fourth-order valence-electron chi connectivity index (χ4n) is 3.21. The van der Waals surface area contributed by atoms with Gasteiger partial charge in [-0.25, -0.2) is 9.69 Å². The first-order chi connectivity index (χ1) is 12.6. The third-order valence-corrected chi connectivity index (χ3v) is 4.71. The van der Waals surface area contributed by atoms with E-state index in [-0.39, 0.29) is 30.9 Å². The van der Waals surface area contributed by atoms with Gasteiger partial charge in [-0.2, -0.15) is 0 Å². The molecule has 1 aliphatic rings. The molecular formula is C21H23NO4. The predicted octanol–water partition coefficient (Wildman–Crippen LogP) is 3.78. The zero-order valence-corrected chi connectivity index (χ0v) is 15.1. The minimum Gasteiger partial charge on any atom is -0.497 e. The number of methoxy groups -OCH3 is 1. The summed E-state index contributed by atoms with van der Waals surface area (Å²) in [6.45, 7) is 2.23. The van der Waals surface area contributed by atoms with E-state index in [2.05, 4.69) is 0 Å². The summed E-state index contributed by atoms with van der Waals surface area (Å²) in [7, 11) is 1.62. The van der Waals surface area contributed by atoms with Crippen LogP contribution in [0.3, 0.4) is 0 Å². The summed E-state index contributed by atoms with van der Waals surface area (Å²) in [5.74, 6) is 0.578. The van der Waals surface area contributed by atoms with Gasteiger partial charge < -0.3 is 9.47 Å². The fourth-order valence-corrected chi connectivity index (χ4v) is 3.21. The van der Waals surface area contributed by atoms with Gasteiger partial charge in [-0.3, -0.25) is 4.79 Å². The molecule has 1 aliphatic heterocycles. The van der Waals surface area contributed by atoms with Crippen LogP contribution in [0.25, 0.3) is 0 Å². The molecule has 1 fully saturated rings. The molecule has 2 aromatic carbocycles. The van der Waals surface area contributed by atoms with Crippen LogP contribution in [0.4, 0.5) is 4.79 Å². The van der Waals surface area contributed by atoms with Crippen molar-refractivity contribution in [3.05, 3.63) is 65.7 Å². The van der Waals surface area contributed by atoms with Gasteiger partial charge in [-0.15, -0.1) is 0 Å². The van der Waals surface area contributed by atoms with Crippen molar-refractivity contribution in [3.63, 3.8) is 0 Å². The highest BCUT2D eigenvalue weighted by Gasteiger charge is 2.38. The Hall–Kier alpha value is -2.82. The van der Waals surface area contributed by atoms with E-state index in [0.717, 1.165) is 16.9 Å². The van der Waals surface area contributed by atoms with Crippen molar-refractivity contribution in [1.82, 2.24) is 4.90 Å². The van der Waals surface area contributed by atoms with E-state index in [1.54, 1.807) is 7.11 Å². The van der Waals surface area contributed by atoms with E-state index < -0.39 is 6.09 Å². The number of cyclic esters (lactones) is 1. The van der Waals surface area contributed by atoms with E-state index in [0.29, 0.717) is 6.42 Å². The first-order valence-corrected chi connectivity index (χ1v) is 8.75. The zero-order valence-electron chi connectivity index (χ0n) is 15.1. The lowest BCUT2D eigenvalue weighted by Crippen LogP contribution is -2.40. The van der Waals surface area contributed by atoms with Crippen LogP contribution in [0.2, 0.25) is 0 Å². The van der Waals surface area contributed by atoms with Crippen LogP contribution in [-0.4, -0.2) is 36.7 Å². The largest absolute Gasteiger partial charge is 0.497 e. The number of rotatable bonds is 6. The topological polar surface area (TPSA) is 55.8 Å². The van der Waals surface area contributed by atoms with E-state index in [4.69, 9.17) is 9.47 Å². The molecule has 0 unspecified atom stereocenters. The van der Waals surface area contributed by atoms with Crippen LogP contribution in [0.15, 0.2) is 54.6 Å². The monoisotopic (exact) mass is 353 g/mol. The molecule has 5 nitrogen and oxygen atoms in total. The van der Waals surface area contributed by atoms with Gasteiger partial charge in [0.2, 0.25) is 5.91 Å². The first-order valence-electron chi connectivity index (χ1n) is 8.75. The maximum absolute atomic E-state index is 12.8. The standard InChI is InChI=1S/C21H23NO4/c1-15(17-8-10-19(25-2)11-9-17)12-20(23)22-18(14-26-21(22)24)13-16-6-4-3-5-7-16/h3-11,15,18H,12-14H2,1-2H3/t15-,18+/m1/s1. The maximum Gasteiger partial charge on any atom is 0.416 e. The van der Waals surface area contributed by atoms with E-state index in [1.807, 2.05) is 61.5 Å². The van der Waals surface area contributed by atoms with Gasteiger partial charge in [0.25, 0.3) is 0 Å². The summed E-state index contributed by atoms with van der Waals surface area (Å²) in [6, 6.07) is 17.2. The van der Waals surface area contributed by atoms with Crippen LogP contribution in [-0.2, 0) is 16.0 Å². The molecule has 1 heterocycles. The number of carbonyl (C=O) groups excluding carboxylic acids is 2. The number of imide groups is 1. The molecule has 2 amide bonds. The number of hydrogen-bond acceptors (Lipinski definition) is 4. The second-order valence-electron chi connectivity index (χ2n) is 6.56. The van der Waals surface area contributed by atoms with E-state index in [1.165, 1.54) is 4.90 Å². The highest BCUT2D eigenvalue weighted by atomic mass is 16.6. The number of carbonyl (C=O) groups is 2. The Kier molecular flexibility index (Phi) is 5.56. The van der Waals surface area contributed by atoms with Gasteiger partial charge in [0.05, 0.1) is 13.2 Å². The van der Waals surface area contributed by atoms with Gasteiger partial charge in [-0.1, -0.05) is 49.4 Å². The SMILES string of the molecule is COc1ccc([C@H](C)CC(=O)N2C(=O)OC[C@@H]2Cc2ccccc2)cc1. The second kappa shape index (κ2) is 8.04. The van der Waals surface area contributed by atoms with Crippen molar-refractivity contribution in [2.75, 3.05) is 13.7 Å². The molecule has 0 spiro atoms. The summed E-state index contributed by atoms with van der Waals surface area (Å²) >= 11 is 0. The van der Waals surface area contributed by atoms with Crippen LogP contribution >= 0.6 is 0 Å². The highest BCUT2D eigenvalue weighted by Crippen LogP contribution is 2.25. The first kappa shape index (κ1) is 18.0. The lowest BCUT2D eigenvalue weighted by Gasteiger charge is -2.21. The molecule has 0 N–H and O–H groups in total. The Morgan fingerprint density at radius 1 is 1.19 bits per heavy atom. The quantitative estimate of drug-likeness (QED) is 0.793. The van der Waals surface area contributed by atoms with E-state index in [9.17, 15) is 9.59 Å². The summed E-state index contributed by atoms with van der Waals surface area (Å²) in [5.41, 5.74) is 2.11. The van der Waals surface area contributed by atoms with Crippen molar-refractivity contribution in [2.24, 2.45) is 0 Å². The summed E-state index contributed by atoms with van der Waals surface area (Å²) in [4.78, 5) is 26.1. The minimum absolute atomic E-state index is 0.000758. The van der Waals surface area contributed by atoms with Gasteiger partial charge >= 0.3 is 6.09 Å². The third kappa shape index (κ3) is 4.04. The van der Waals surface area contributed by atoms with Gasteiger partial charge in [0.15, 0.2) is 0 Å². The smallest absolute Gasteiger partial charge is 0.416 e. The fraction of sp³-hybridized carbons (Fsp3) is 0.333. The lowest BCUT2D eigenvalue weighted by molar-refractivity contribution is -0.129.